The maximum atomic E-state index is 10.4. The van der Waals surface area contributed by atoms with Crippen LogP contribution in [0.25, 0.3) is 0 Å². The van der Waals surface area contributed by atoms with Crippen LogP contribution in [0.4, 0.5) is 22.7 Å². The van der Waals surface area contributed by atoms with Crippen LogP contribution in [0.15, 0.2) is 86.7 Å². The fourth-order valence-electron chi connectivity index (χ4n) is 2.67. The molecular weight excluding hydrogens is 408 g/mol. The fraction of sp³-hybridized carbons (Fsp3) is 0.0833. The lowest BCUT2D eigenvalue weighted by Gasteiger charge is -2.04. The van der Waals surface area contributed by atoms with E-state index in [9.17, 15) is 19.2 Å². The van der Waals surface area contributed by atoms with Crippen LogP contribution in [0.3, 0.4) is 0 Å². The zero-order valence-corrected chi connectivity index (χ0v) is 17.0. The molecule has 0 bridgehead atoms. The summed E-state index contributed by atoms with van der Waals surface area (Å²) in [6.07, 6.45) is 6.53. The van der Waals surface area contributed by atoms with Crippen molar-refractivity contribution in [2.24, 2.45) is 20.0 Å². The summed E-state index contributed by atoms with van der Waals surface area (Å²) in [5, 5.41) is 0. The average Bonchev–Trinajstić information content (AvgIpc) is 2.80. The maximum Gasteiger partial charge on any atom is 0.240 e. The number of para-hydroxylation sites is 1. The lowest BCUT2D eigenvalue weighted by Crippen LogP contribution is -1.88. The second-order valence-electron chi connectivity index (χ2n) is 6.26. The van der Waals surface area contributed by atoms with Crippen LogP contribution in [0, 0.1) is 6.92 Å². The molecule has 0 saturated carbocycles. The largest absolute Gasteiger partial charge is 0.240 e. The van der Waals surface area contributed by atoms with Gasteiger partial charge in [-0.1, -0.05) is 36.4 Å². The number of hydrogen-bond donors (Lipinski definition) is 0. The Morgan fingerprint density at radius 2 is 1.19 bits per heavy atom. The molecule has 0 amide bonds. The molecule has 0 aliphatic carbocycles. The standard InChI is InChI=1S/C15H10N2O2.C9H6N2O2/c18-10-16-14-7-5-12(6-8-14)9-13-3-1-2-4-15(13)17-11-19;1-7-2-3-8(10-5-12)4-9(7)11-6-13/h1-8H,9H2;2-4H,1H3. The second kappa shape index (κ2) is 12.7. The van der Waals surface area contributed by atoms with Crippen LogP contribution in [0.5, 0.6) is 0 Å². The van der Waals surface area contributed by atoms with Gasteiger partial charge in [-0.05, 0) is 60.4 Å². The molecule has 0 fully saturated rings. The quantitative estimate of drug-likeness (QED) is 0.402. The number of carbonyl (C=O) groups excluding carboxylic acids is 4. The molecule has 3 aromatic rings. The van der Waals surface area contributed by atoms with Crippen molar-refractivity contribution >= 4 is 47.1 Å². The van der Waals surface area contributed by atoms with Gasteiger partial charge in [0.25, 0.3) is 0 Å². The van der Waals surface area contributed by atoms with Crippen molar-refractivity contribution in [2.45, 2.75) is 13.3 Å². The molecule has 8 heteroatoms. The Labute approximate surface area is 183 Å². The molecule has 8 nitrogen and oxygen atoms in total. The SMILES string of the molecule is Cc1ccc(N=C=O)cc1N=C=O.O=C=Nc1ccc(Cc2ccccc2N=C=O)cc1. The van der Waals surface area contributed by atoms with E-state index in [1.165, 1.54) is 24.3 Å². The first-order chi connectivity index (χ1) is 15.6. The third-order valence-corrected chi connectivity index (χ3v) is 4.20. The Bertz CT molecular complexity index is 1280. The number of isocyanates is 4. The Hall–Kier alpha value is -4.82. The normalized spacial score (nSPS) is 8.91. The molecule has 0 aromatic heterocycles. The zero-order valence-electron chi connectivity index (χ0n) is 17.0. The average molecular weight is 424 g/mol. The molecule has 156 valence electrons. The third kappa shape index (κ3) is 7.21. The molecule has 0 aliphatic heterocycles. The van der Waals surface area contributed by atoms with Crippen molar-refractivity contribution in [3.8, 4) is 0 Å². The van der Waals surface area contributed by atoms with E-state index in [0.717, 1.165) is 16.7 Å². The van der Waals surface area contributed by atoms with Crippen LogP contribution >= 0.6 is 0 Å². The summed E-state index contributed by atoms with van der Waals surface area (Å²) < 4.78 is 0. The van der Waals surface area contributed by atoms with Crippen molar-refractivity contribution in [1.29, 1.82) is 0 Å². The first kappa shape index (κ1) is 23.5. The van der Waals surface area contributed by atoms with Crippen molar-refractivity contribution in [1.82, 2.24) is 0 Å². The highest BCUT2D eigenvalue weighted by Gasteiger charge is 2.02. The van der Waals surface area contributed by atoms with Crippen molar-refractivity contribution in [3.63, 3.8) is 0 Å². The summed E-state index contributed by atoms with van der Waals surface area (Å²) in [5.41, 5.74) is 4.88. The maximum absolute atomic E-state index is 10.4. The molecule has 0 N–H and O–H groups in total. The van der Waals surface area contributed by atoms with Crippen LogP contribution in [-0.4, -0.2) is 24.3 Å². The van der Waals surface area contributed by atoms with E-state index < -0.39 is 0 Å². The van der Waals surface area contributed by atoms with Gasteiger partial charge in [0.15, 0.2) is 0 Å². The van der Waals surface area contributed by atoms with E-state index in [1.807, 2.05) is 30.3 Å². The molecular formula is C24H16N4O4. The zero-order chi connectivity index (χ0) is 23.2. The number of rotatable bonds is 6. The van der Waals surface area contributed by atoms with Gasteiger partial charge in [0.05, 0.1) is 22.7 Å². The Balaban J connectivity index is 0.000000244. The number of aliphatic imine (C=N–C) groups is 4. The van der Waals surface area contributed by atoms with E-state index in [2.05, 4.69) is 20.0 Å². The predicted octanol–water partition coefficient (Wildman–Crippen LogP) is 5.14. The lowest BCUT2D eigenvalue weighted by atomic mass is 10.0. The fourth-order valence-corrected chi connectivity index (χ4v) is 2.67. The first-order valence-corrected chi connectivity index (χ1v) is 9.20. The van der Waals surface area contributed by atoms with Gasteiger partial charge in [0.2, 0.25) is 24.3 Å². The Kier molecular flexibility index (Phi) is 9.30. The van der Waals surface area contributed by atoms with E-state index >= 15 is 0 Å². The summed E-state index contributed by atoms with van der Waals surface area (Å²) in [5.74, 6) is 0. The highest BCUT2D eigenvalue weighted by Crippen LogP contribution is 2.24. The van der Waals surface area contributed by atoms with Crippen LogP contribution in [-0.2, 0) is 25.6 Å². The molecule has 0 atom stereocenters. The lowest BCUT2D eigenvalue weighted by molar-refractivity contribution is 0.564. The van der Waals surface area contributed by atoms with Gasteiger partial charge in [-0.2, -0.15) is 20.0 Å². The second-order valence-corrected chi connectivity index (χ2v) is 6.26. The van der Waals surface area contributed by atoms with Crippen LogP contribution in [0.2, 0.25) is 0 Å². The summed E-state index contributed by atoms with van der Waals surface area (Å²) in [6, 6.07) is 19.5. The highest BCUT2D eigenvalue weighted by atomic mass is 16.1. The van der Waals surface area contributed by atoms with Gasteiger partial charge in [-0.15, -0.1) is 0 Å². The van der Waals surface area contributed by atoms with Crippen LogP contribution in [0.1, 0.15) is 16.7 Å². The van der Waals surface area contributed by atoms with E-state index in [0.29, 0.717) is 29.2 Å². The molecule has 0 radical (unpaired) electrons. The van der Waals surface area contributed by atoms with Crippen molar-refractivity contribution in [3.05, 3.63) is 83.4 Å². The summed E-state index contributed by atoms with van der Waals surface area (Å²) in [6.45, 7) is 1.80. The number of hydrogen-bond acceptors (Lipinski definition) is 8. The molecule has 0 aliphatic rings. The van der Waals surface area contributed by atoms with Gasteiger partial charge >= 0.3 is 0 Å². The number of nitrogens with zero attached hydrogens (tertiary/aromatic N) is 4. The van der Waals surface area contributed by atoms with Gasteiger partial charge in [-0.3, -0.25) is 0 Å². The summed E-state index contributed by atoms with van der Waals surface area (Å²) >= 11 is 0. The molecule has 3 aromatic carbocycles. The first-order valence-electron chi connectivity index (χ1n) is 9.20. The highest BCUT2D eigenvalue weighted by molar-refractivity contribution is 5.61. The Morgan fingerprint density at radius 3 is 1.84 bits per heavy atom. The molecule has 0 heterocycles. The smallest absolute Gasteiger partial charge is 0.211 e. The molecule has 3 rings (SSSR count). The Morgan fingerprint density at radius 1 is 0.625 bits per heavy atom. The minimum absolute atomic E-state index is 0.426. The van der Waals surface area contributed by atoms with Gasteiger partial charge in [0, 0.05) is 0 Å². The van der Waals surface area contributed by atoms with Gasteiger partial charge in [-0.25, -0.2) is 19.2 Å². The van der Waals surface area contributed by atoms with E-state index in [-0.39, 0.29) is 0 Å². The van der Waals surface area contributed by atoms with Crippen LogP contribution < -0.4 is 0 Å². The molecule has 0 unspecified atom stereocenters. The number of aryl methyl sites for hydroxylation is 1. The van der Waals surface area contributed by atoms with E-state index in [1.54, 1.807) is 43.3 Å². The topological polar surface area (TPSA) is 118 Å². The van der Waals surface area contributed by atoms with E-state index in [4.69, 9.17) is 0 Å². The van der Waals surface area contributed by atoms with Gasteiger partial charge < -0.3 is 0 Å². The third-order valence-electron chi connectivity index (χ3n) is 4.20. The van der Waals surface area contributed by atoms with Gasteiger partial charge in [0.1, 0.15) is 0 Å². The van der Waals surface area contributed by atoms with Crippen molar-refractivity contribution < 1.29 is 19.2 Å². The molecule has 32 heavy (non-hydrogen) atoms. The monoisotopic (exact) mass is 424 g/mol. The minimum Gasteiger partial charge on any atom is -0.211 e. The van der Waals surface area contributed by atoms with Crippen molar-refractivity contribution in [2.75, 3.05) is 0 Å². The molecule has 0 saturated heterocycles. The summed E-state index contributed by atoms with van der Waals surface area (Å²) in [4.78, 5) is 54.5. The predicted molar refractivity (Wildman–Crippen MR) is 118 cm³/mol. The molecule has 0 spiro atoms. The number of benzene rings is 3. The summed E-state index contributed by atoms with van der Waals surface area (Å²) in [7, 11) is 0. The minimum atomic E-state index is 0.426.